The first kappa shape index (κ1) is 19.3. The number of carbonyl (C=O) groups excluding carboxylic acids is 1. The number of hydrogen-bond acceptors (Lipinski definition) is 4. The molecule has 1 amide bonds. The summed E-state index contributed by atoms with van der Waals surface area (Å²) in [6.45, 7) is 0.403. The molecular weight excluding hydrogens is 448 g/mol. The Morgan fingerprint density at radius 1 is 1.10 bits per heavy atom. The minimum atomic E-state index is -0.106. The molecule has 3 aromatic rings. The third-order valence-corrected chi connectivity index (χ3v) is 6.03. The minimum Gasteiger partial charge on any atom is -0.488 e. The standard InChI is InChI=1S/C23H15BrN2O2S/c24-18-11-17(12-22-23(27)26-19-3-1-2-4-21(19)29-22)9-10-20(18)28-14-16-7-5-15(13-25)6-8-16/h1-12H,14H2,(H,26,27)/b22-12-. The molecule has 0 aromatic heterocycles. The summed E-state index contributed by atoms with van der Waals surface area (Å²) < 4.78 is 6.68. The van der Waals surface area contributed by atoms with Crippen molar-refractivity contribution in [3.8, 4) is 11.8 Å². The van der Waals surface area contributed by atoms with Crippen LogP contribution in [0.1, 0.15) is 16.7 Å². The maximum atomic E-state index is 12.4. The summed E-state index contributed by atoms with van der Waals surface area (Å²) in [6.07, 6.45) is 1.87. The second-order valence-corrected chi connectivity index (χ2v) is 8.29. The van der Waals surface area contributed by atoms with E-state index < -0.39 is 0 Å². The quantitative estimate of drug-likeness (QED) is 0.484. The Morgan fingerprint density at radius 3 is 2.66 bits per heavy atom. The summed E-state index contributed by atoms with van der Waals surface area (Å²) in [4.78, 5) is 14.0. The zero-order valence-electron chi connectivity index (χ0n) is 15.2. The number of benzene rings is 3. The second kappa shape index (κ2) is 8.56. The number of carbonyl (C=O) groups is 1. The lowest BCUT2D eigenvalue weighted by molar-refractivity contribution is -0.112. The Morgan fingerprint density at radius 2 is 1.90 bits per heavy atom. The predicted molar refractivity (Wildman–Crippen MR) is 119 cm³/mol. The molecule has 0 saturated carbocycles. The number of rotatable bonds is 4. The number of nitrogens with one attached hydrogen (secondary N) is 1. The number of nitrogens with zero attached hydrogens (tertiary/aromatic N) is 1. The number of hydrogen-bond donors (Lipinski definition) is 1. The van der Waals surface area contributed by atoms with Crippen molar-refractivity contribution < 1.29 is 9.53 Å². The normalized spacial score (nSPS) is 14.1. The first-order chi connectivity index (χ1) is 14.1. The van der Waals surface area contributed by atoms with Gasteiger partial charge in [0, 0.05) is 4.90 Å². The van der Waals surface area contributed by atoms with Crippen LogP contribution in [0.4, 0.5) is 5.69 Å². The Kier molecular flexibility index (Phi) is 5.70. The summed E-state index contributed by atoms with van der Waals surface area (Å²) in [7, 11) is 0. The van der Waals surface area contributed by atoms with Gasteiger partial charge >= 0.3 is 0 Å². The van der Waals surface area contributed by atoms with Gasteiger partial charge in [0.1, 0.15) is 12.4 Å². The van der Waals surface area contributed by atoms with E-state index in [4.69, 9.17) is 10.00 Å². The fourth-order valence-electron chi connectivity index (χ4n) is 2.81. The molecule has 0 unspecified atom stereocenters. The Bertz CT molecular complexity index is 1150. The van der Waals surface area contributed by atoms with Gasteiger partial charge in [-0.15, -0.1) is 0 Å². The molecule has 1 aliphatic heterocycles. The molecule has 29 heavy (non-hydrogen) atoms. The Hall–Kier alpha value is -3.01. The highest BCUT2D eigenvalue weighted by Gasteiger charge is 2.20. The molecule has 0 spiro atoms. The van der Waals surface area contributed by atoms with E-state index in [-0.39, 0.29) is 5.91 Å². The molecule has 0 radical (unpaired) electrons. The Balaban J connectivity index is 1.48. The highest BCUT2D eigenvalue weighted by Crippen LogP contribution is 2.39. The van der Waals surface area contributed by atoms with Crippen molar-refractivity contribution in [1.29, 1.82) is 5.26 Å². The molecule has 6 heteroatoms. The van der Waals surface area contributed by atoms with Crippen LogP contribution in [-0.4, -0.2) is 5.91 Å². The molecule has 1 N–H and O–H groups in total. The SMILES string of the molecule is N#Cc1ccc(COc2ccc(/C=C3\Sc4ccccc4NC3=O)cc2Br)cc1. The van der Waals surface area contributed by atoms with E-state index in [2.05, 4.69) is 27.3 Å². The zero-order chi connectivity index (χ0) is 20.2. The number of thioether (sulfide) groups is 1. The number of para-hydroxylation sites is 1. The highest BCUT2D eigenvalue weighted by molar-refractivity contribution is 9.10. The van der Waals surface area contributed by atoms with Gasteiger partial charge in [-0.2, -0.15) is 5.26 Å². The highest BCUT2D eigenvalue weighted by atomic mass is 79.9. The number of halogens is 1. The fraction of sp³-hybridized carbons (Fsp3) is 0.0435. The van der Waals surface area contributed by atoms with Crippen molar-refractivity contribution in [2.75, 3.05) is 5.32 Å². The first-order valence-electron chi connectivity index (χ1n) is 8.84. The van der Waals surface area contributed by atoms with Gasteiger partial charge in [0.15, 0.2) is 0 Å². The van der Waals surface area contributed by atoms with Crippen LogP contribution in [0.3, 0.4) is 0 Å². The lowest BCUT2D eigenvalue weighted by Crippen LogP contribution is -2.17. The fourth-order valence-corrected chi connectivity index (χ4v) is 4.28. The van der Waals surface area contributed by atoms with E-state index in [0.29, 0.717) is 22.8 Å². The summed E-state index contributed by atoms with van der Waals surface area (Å²) in [5.41, 5.74) is 3.35. The third-order valence-electron chi connectivity index (χ3n) is 4.31. The molecule has 0 fully saturated rings. The summed E-state index contributed by atoms with van der Waals surface area (Å²) in [6, 6.07) is 22.9. The first-order valence-corrected chi connectivity index (χ1v) is 10.4. The molecule has 3 aromatic carbocycles. The molecule has 0 atom stereocenters. The lowest BCUT2D eigenvalue weighted by atomic mass is 10.1. The predicted octanol–water partition coefficient (Wildman–Crippen LogP) is 5.99. The van der Waals surface area contributed by atoms with Crippen LogP contribution < -0.4 is 10.1 Å². The smallest absolute Gasteiger partial charge is 0.262 e. The number of anilines is 1. The van der Waals surface area contributed by atoms with Crippen LogP contribution in [0.2, 0.25) is 0 Å². The summed E-state index contributed by atoms with van der Waals surface area (Å²) in [5, 5.41) is 11.8. The van der Waals surface area contributed by atoms with Crippen molar-refractivity contribution in [3.05, 3.63) is 92.8 Å². The van der Waals surface area contributed by atoms with Gasteiger partial charge in [-0.05, 0) is 69.5 Å². The summed E-state index contributed by atoms with van der Waals surface area (Å²) >= 11 is 5.00. The van der Waals surface area contributed by atoms with E-state index in [1.165, 1.54) is 11.8 Å². The van der Waals surface area contributed by atoms with Gasteiger partial charge in [-0.3, -0.25) is 4.79 Å². The van der Waals surface area contributed by atoms with Crippen LogP contribution in [0.25, 0.3) is 6.08 Å². The molecule has 4 nitrogen and oxygen atoms in total. The molecule has 0 aliphatic carbocycles. The number of amides is 1. The molecule has 1 aliphatic rings. The van der Waals surface area contributed by atoms with Crippen molar-refractivity contribution in [2.45, 2.75) is 11.5 Å². The van der Waals surface area contributed by atoms with Crippen molar-refractivity contribution in [2.24, 2.45) is 0 Å². The van der Waals surface area contributed by atoms with E-state index in [1.807, 2.05) is 60.7 Å². The molecule has 1 heterocycles. The van der Waals surface area contributed by atoms with Crippen molar-refractivity contribution >= 4 is 45.4 Å². The number of nitriles is 1. The zero-order valence-corrected chi connectivity index (χ0v) is 17.6. The number of fused-ring (bicyclic) bond motifs is 1. The average molecular weight is 463 g/mol. The van der Waals surface area contributed by atoms with E-state index >= 15 is 0 Å². The van der Waals surface area contributed by atoms with Crippen LogP contribution in [-0.2, 0) is 11.4 Å². The van der Waals surface area contributed by atoms with Gasteiger partial charge in [-0.1, -0.05) is 42.1 Å². The largest absolute Gasteiger partial charge is 0.488 e. The Labute approximate surface area is 181 Å². The molecule has 0 bridgehead atoms. The topological polar surface area (TPSA) is 62.1 Å². The van der Waals surface area contributed by atoms with Gasteiger partial charge in [0.05, 0.1) is 26.7 Å². The second-order valence-electron chi connectivity index (χ2n) is 6.35. The van der Waals surface area contributed by atoms with Crippen LogP contribution in [0.15, 0.2) is 81.0 Å². The summed E-state index contributed by atoms with van der Waals surface area (Å²) in [5.74, 6) is 0.605. The lowest BCUT2D eigenvalue weighted by Gasteiger charge is -2.18. The van der Waals surface area contributed by atoms with Gasteiger partial charge in [0.25, 0.3) is 5.91 Å². The molecule has 4 rings (SSSR count). The molecular formula is C23H15BrN2O2S. The van der Waals surface area contributed by atoms with Crippen LogP contribution >= 0.6 is 27.7 Å². The van der Waals surface area contributed by atoms with E-state index in [1.54, 1.807) is 12.1 Å². The minimum absolute atomic E-state index is 0.106. The van der Waals surface area contributed by atoms with Crippen LogP contribution in [0.5, 0.6) is 5.75 Å². The van der Waals surface area contributed by atoms with Gasteiger partial charge < -0.3 is 10.1 Å². The number of ether oxygens (including phenoxy) is 1. The molecule has 0 saturated heterocycles. The van der Waals surface area contributed by atoms with Gasteiger partial charge in [0.2, 0.25) is 0 Å². The monoisotopic (exact) mass is 462 g/mol. The van der Waals surface area contributed by atoms with E-state index in [0.717, 1.165) is 26.2 Å². The van der Waals surface area contributed by atoms with E-state index in [9.17, 15) is 4.79 Å². The van der Waals surface area contributed by atoms with Crippen LogP contribution in [0, 0.1) is 11.3 Å². The molecule has 142 valence electrons. The maximum absolute atomic E-state index is 12.4. The third kappa shape index (κ3) is 4.53. The van der Waals surface area contributed by atoms with Gasteiger partial charge in [-0.25, -0.2) is 0 Å². The van der Waals surface area contributed by atoms with Crippen molar-refractivity contribution in [3.63, 3.8) is 0 Å². The average Bonchev–Trinajstić information content (AvgIpc) is 2.74. The van der Waals surface area contributed by atoms with Crippen molar-refractivity contribution in [1.82, 2.24) is 0 Å². The maximum Gasteiger partial charge on any atom is 0.262 e.